The van der Waals surface area contributed by atoms with Gasteiger partial charge in [-0.25, -0.2) is 0 Å². The van der Waals surface area contributed by atoms with Crippen molar-refractivity contribution >= 4 is 0 Å². The Hall–Kier alpha value is -0.120. The van der Waals surface area contributed by atoms with E-state index >= 15 is 0 Å². The smallest absolute Gasteiger partial charge is 0.0340 e. The third-order valence-corrected chi connectivity index (χ3v) is 2.14. The largest absolute Gasteiger partial charge is 0.308 e. The lowest BCUT2D eigenvalue weighted by Gasteiger charge is -2.19. The maximum atomic E-state index is 5.42. The van der Waals surface area contributed by atoms with E-state index in [2.05, 4.69) is 24.4 Å². The van der Waals surface area contributed by atoms with Crippen LogP contribution in [-0.4, -0.2) is 31.6 Å². The van der Waals surface area contributed by atoms with E-state index < -0.39 is 0 Å². The fraction of sp³-hybridized carbons (Fsp3) is 1.00. The van der Waals surface area contributed by atoms with Gasteiger partial charge in [-0.1, -0.05) is 12.8 Å². The van der Waals surface area contributed by atoms with Crippen molar-refractivity contribution in [3.8, 4) is 0 Å². The van der Waals surface area contributed by atoms with Crippen LogP contribution in [-0.2, 0) is 0 Å². The van der Waals surface area contributed by atoms with Crippen molar-refractivity contribution in [3.63, 3.8) is 0 Å². The molecule has 3 nitrogen and oxygen atoms in total. The summed E-state index contributed by atoms with van der Waals surface area (Å²) in [6.07, 6.45) is 4.06. The highest BCUT2D eigenvalue weighted by atomic mass is 15.3. The second kappa shape index (κ2) is 4.04. The summed E-state index contributed by atoms with van der Waals surface area (Å²) in [6, 6.07) is 0.484. The van der Waals surface area contributed by atoms with Crippen LogP contribution >= 0.6 is 0 Å². The topological polar surface area (TPSA) is 41.3 Å². The zero-order valence-electron chi connectivity index (χ0n) is 7.51. The number of nitrogens with zero attached hydrogens (tertiary/aromatic N) is 1. The molecule has 1 aliphatic carbocycles. The molecule has 1 saturated carbocycles. The molecule has 0 bridgehead atoms. The zero-order chi connectivity index (χ0) is 8.27. The Morgan fingerprint density at radius 1 is 1.55 bits per heavy atom. The first-order chi connectivity index (χ1) is 5.22. The van der Waals surface area contributed by atoms with E-state index in [1.807, 2.05) is 0 Å². The molecule has 0 saturated heterocycles. The van der Waals surface area contributed by atoms with E-state index in [0.29, 0.717) is 6.04 Å². The van der Waals surface area contributed by atoms with Crippen LogP contribution in [0.2, 0.25) is 0 Å². The normalized spacial score (nSPS) is 20.7. The monoisotopic (exact) mass is 157 g/mol. The molecule has 0 amide bonds. The Labute approximate surface area is 68.9 Å². The number of nitrogens with two attached hydrogens (primary N) is 1. The second-order valence-electron chi connectivity index (χ2n) is 3.80. The Morgan fingerprint density at radius 2 is 2.18 bits per heavy atom. The summed E-state index contributed by atoms with van der Waals surface area (Å²) >= 11 is 0. The van der Waals surface area contributed by atoms with Gasteiger partial charge in [-0.15, -0.1) is 0 Å². The minimum atomic E-state index is 0.484. The lowest BCUT2D eigenvalue weighted by molar-refractivity contribution is 0.321. The summed E-state index contributed by atoms with van der Waals surface area (Å²) in [5.41, 5.74) is 2.86. The fourth-order valence-electron chi connectivity index (χ4n) is 1.39. The lowest BCUT2D eigenvalue weighted by Crippen LogP contribution is -2.42. The Bertz CT molecular complexity index is 106. The summed E-state index contributed by atoms with van der Waals surface area (Å²) in [7, 11) is 4.16. The van der Waals surface area contributed by atoms with Gasteiger partial charge in [0.2, 0.25) is 0 Å². The quantitative estimate of drug-likeness (QED) is 0.442. The highest BCUT2D eigenvalue weighted by Crippen LogP contribution is 2.33. The molecule has 1 atom stereocenters. The maximum Gasteiger partial charge on any atom is 0.0340 e. The summed E-state index contributed by atoms with van der Waals surface area (Å²) < 4.78 is 0. The SMILES string of the molecule is CN(C)CC(CC1CC1)NN. The first-order valence-corrected chi connectivity index (χ1v) is 4.33. The van der Waals surface area contributed by atoms with Crippen molar-refractivity contribution in [1.82, 2.24) is 10.3 Å². The molecule has 1 fully saturated rings. The molecule has 0 spiro atoms. The molecule has 3 N–H and O–H groups in total. The average molecular weight is 157 g/mol. The molecule has 66 valence electrons. The van der Waals surface area contributed by atoms with Gasteiger partial charge in [-0.05, 0) is 26.4 Å². The summed E-state index contributed by atoms with van der Waals surface area (Å²) in [5, 5.41) is 0. The predicted molar refractivity (Wildman–Crippen MR) is 47.0 cm³/mol. The van der Waals surface area contributed by atoms with Crippen LogP contribution in [0.25, 0.3) is 0 Å². The third kappa shape index (κ3) is 3.70. The van der Waals surface area contributed by atoms with Crippen LogP contribution in [0.5, 0.6) is 0 Å². The number of hydrogen-bond acceptors (Lipinski definition) is 3. The van der Waals surface area contributed by atoms with E-state index in [4.69, 9.17) is 5.84 Å². The molecule has 0 aromatic carbocycles. The number of hydrazine groups is 1. The summed E-state index contributed by atoms with van der Waals surface area (Å²) in [5.74, 6) is 6.38. The molecule has 1 rings (SSSR count). The molecule has 1 aliphatic rings. The van der Waals surface area contributed by atoms with Gasteiger partial charge >= 0.3 is 0 Å². The molecule has 0 aromatic heterocycles. The molecule has 3 heteroatoms. The number of nitrogens with one attached hydrogen (secondary N) is 1. The van der Waals surface area contributed by atoms with Gasteiger partial charge in [0.05, 0.1) is 0 Å². The van der Waals surface area contributed by atoms with Gasteiger partial charge in [0.25, 0.3) is 0 Å². The van der Waals surface area contributed by atoms with Crippen LogP contribution in [0.4, 0.5) is 0 Å². The van der Waals surface area contributed by atoms with Gasteiger partial charge in [-0.3, -0.25) is 11.3 Å². The van der Waals surface area contributed by atoms with Crippen LogP contribution in [0.3, 0.4) is 0 Å². The highest BCUT2D eigenvalue weighted by Gasteiger charge is 2.24. The highest BCUT2D eigenvalue weighted by molar-refractivity contribution is 4.80. The van der Waals surface area contributed by atoms with Gasteiger partial charge in [0.1, 0.15) is 0 Å². The second-order valence-corrected chi connectivity index (χ2v) is 3.80. The average Bonchev–Trinajstić information content (AvgIpc) is 2.69. The first-order valence-electron chi connectivity index (χ1n) is 4.33. The van der Waals surface area contributed by atoms with Crippen molar-refractivity contribution < 1.29 is 0 Å². The van der Waals surface area contributed by atoms with Crippen molar-refractivity contribution in [2.24, 2.45) is 11.8 Å². The molecule has 1 unspecified atom stereocenters. The van der Waals surface area contributed by atoms with Crippen LogP contribution in [0.15, 0.2) is 0 Å². The van der Waals surface area contributed by atoms with Crippen molar-refractivity contribution in [2.75, 3.05) is 20.6 Å². The van der Waals surface area contributed by atoms with Crippen molar-refractivity contribution in [3.05, 3.63) is 0 Å². The summed E-state index contributed by atoms with van der Waals surface area (Å²) in [4.78, 5) is 2.17. The molecule has 0 heterocycles. The Kier molecular flexibility index (Phi) is 3.30. The molecule has 0 radical (unpaired) electrons. The number of rotatable bonds is 5. The van der Waals surface area contributed by atoms with E-state index in [1.54, 1.807) is 0 Å². The molecule has 0 aromatic rings. The van der Waals surface area contributed by atoms with Crippen molar-refractivity contribution in [2.45, 2.75) is 25.3 Å². The minimum Gasteiger partial charge on any atom is -0.308 e. The first kappa shape index (κ1) is 8.97. The summed E-state index contributed by atoms with van der Waals surface area (Å²) in [6.45, 7) is 1.05. The molecular weight excluding hydrogens is 138 g/mol. The van der Waals surface area contributed by atoms with E-state index in [-0.39, 0.29) is 0 Å². The van der Waals surface area contributed by atoms with Gasteiger partial charge in [0, 0.05) is 12.6 Å². The van der Waals surface area contributed by atoms with E-state index in [9.17, 15) is 0 Å². The van der Waals surface area contributed by atoms with Crippen LogP contribution in [0, 0.1) is 5.92 Å². The van der Waals surface area contributed by atoms with Gasteiger partial charge < -0.3 is 4.90 Å². The number of hydrogen-bond donors (Lipinski definition) is 2. The zero-order valence-corrected chi connectivity index (χ0v) is 7.51. The maximum absolute atomic E-state index is 5.42. The minimum absolute atomic E-state index is 0.484. The van der Waals surface area contributed by atoms with Crippen molar-refractivity contribution in [1.29, 1.82) is 0 Å². The van der Waals surface area contributed by atoms with E-state index in [1.165, 1.54) is 19.3 Å². The lowest BCUT2D eigenvalue weighted by atomic mass is 10.1. The Morgan fingerprint density at radius 3 is 2.55 bits per heavy atom. The molecule has 0 aliphatic heterocycles. The Balaban J connectivity index is 2.12. The predicted octanol–water partition coefficient (Wildman–Crippen LogP) is 0.180. The molecule has 11 heavy (non-hydrogen) atoms. The van der Waals surface area contributed by atoms with Crippen LogP contribution < -0.4 is 11.3 Å². The van der Waals surface area contributed by atoms with Gasteiger partial charge in [0.15, 0.2) is 0 Å². The fourth-order valence-corrected chi connectivity index (χ4v) is 1.39. The van der Waals surface area contributed by atoms with Crippen LogP contribution in [0.1, 0.15) is 19.3 Å². The van der Waals surface area contributed by atoms with Gasteiger partial charge in [-0.2, -0.15) is 0 Å². The third-order valence-electron chi connectivity index (χ3n) is 2.14. The van der Waals surface area contributed by atoms with E-state index in [0.717, 1.165) is 12.5 Å². The number of likely N-dealkylation sites (N-methyl/N-ethyl adjacent to an activating group) is 1. The standard InChI is InChI=1S/C8H19N3/c1-11(2)6-8(10-9)5-7-3-4-7/h7-8,10H,3-6,9H2,1-2H3. The molecular formula is C8H19N3.